The molecule has 1 aliphatic heterocycles. The van der Waals surface area contributed by atoms with E-state index in [9.17, 15) is 0 Å². The van der Waals surface area contributed by atoms with E-state index in [4.69, 9.17) is 11.4 Å². The molecule has 0 bridgehead atoms. The van der Waals surface area contributed by atoms with E-state index >= 15 is 0 Å². The summed E-state index contributed by atoms with van der Waals surface area (Å²) in [5.74, 6) is 4.63. The first kappa shape index (κ1) is 13.8. The molecule has 4 heteroatoms. The van der Waals surface area contributed by atoms with E-state index in [1.54, 1.807) is 0 Å². The highest BCUT2D eigenvalue weighted by Gasteiger charge is 2.21. The average molecular weight is 258 g/mol. The second-order valence-electron chi connectivity index (χ2n) is 5.96. The van der Waals surface area contributed by atoms with Crippen LogP contribution < -0.4 is 4.90 Å². The number of hydrogen-bond donors (Lipinski definition) is 0. The van der Waals surface area contributed by atoms with E-state index < -0.39 is 0 Å². The molecule has 1 fully saturated rings. The number of terminal acetylenes is 1. The van der Waals surface area contributed by atoms with Gasteiger partial charge in [-0.2, -0.15) is 0 Å². The molecule has 19 heavy (non-hydrogen) atoms. The second-order valence-corrected chi connectivity index (χ2v) is 5.96. The second kappa shape index (κ2) is 5.58. The summed E-state index contributed by atoms with van der Waals surface area (Å²) in [6, 6.07) is 1.99. The molecule has 0 unspecified atom stereocenters. The van der Waals surface area contributed by atoms with Gasteiger partial charge in [-0.05, 0) is 6.07 Å². The number of nitrogens with zero attached hydrogens (tertiary/aromatic N) is 4. The van der Waals surface area contributed by atoms with Gasteiger partial charge in [-0.25, -0.2) is 9.97 Å². The van der Waals surface area contributed by atoms with Crippen molar-refractivity contribution in [1.82, 2.24) is 14.9 Å². The van der Waals surface area contributed by atoms with Crippen molar-refractivity contribution in [2.75, 3.05) is 37.6 Å². The Morgan fingerprint density at radius 1 is 1.26 bits per heavy atom. The predicted molar refractivity (Wildman–Crippen MR) is 78.2 cm³/mol. The number of anilines is 1. The zero-order chi connectivity index (χ0) is 13.9. The van der Waals surface area contributed by atoms with Gasteiger partial charge >= 0.3 is 0 Å². The lowest BCUT2D eigenvalue weighted by Gasteiger charge is -2.34. The zero-order valence-corrected chi connectivity index (χ0v) is 12.1. The maximum Gasteiger partial charge on any atom is 0.135 e. The SMILES string of the molecule is C#CCN1CCN(c2ccnc(C(C)(C)C)n2)CC1. The molecule has 0 amide bonds. The van der Waals surface area contributed by atoms with Crippen molar-refractivity contribution in [2.24, 2.45) is 0 Å². The third-order valence-corrected chi connectivity index (χ3v) is 3.32. The lowest BCUT2D eigenvalue weighted by atomic mass is 9.96. The van der Waals surface area contributed by atoms with E-state index in [-0.39, 0.29) is 5.41 Å². The molecule has 0 spiro atoms. The van der Waals surface area contributed by atoms with Gasteiger partial charge in [0.05, 0.1) is 6.54 Å². The van der Waals surface area contributed by atoms with Gasteiger partial charge in [0.2, 0.25) is 0 Å². The molecule has 0 aromatic carbocycles. The third-order valence-electron chi connectivity index (χ3n) is 3.32. The Hall–Kier alpha value is -1.60. The van der Waals surface area contributed by atoms with Gasteiger partial charge < -0.3 is 4.90 Å². The lowest BCUT2D eigenvalue weighted by molar-refractivity contribution is 0.287. The van der Waals surface area contributed by atoms with Crippen molar-refractivity contribution >= 4 is 5.82 Å². The first-order valence-corrected chi connectivity index (χ1v) is 6.75. The molecule has 2 rings (SSSR count). The summed E-state index contributed by atoms with van der Waals surface area (Å²) in [6.07, 6.45) is 7.20. The van der Waals surface area contributed by atoms with Crippen LogP contribution in [0, 0.1) is 12.3 Å². The molecule has 0 saturated carbocycles. The molecule has 1 saturated heterocycles. The molecule has 1 aliphatic rings. The number of piperazine rings is 1. The van der Waals surface area contributed by atoms with Crippen LogP contribution in [0.4, 0.5) is 5.82 Å². The highest BCUT2D eigenvalue weighted by Crippen LogP contribution is 2.21. The van der Waals surface area contributed by atoms with Gasteiger partial charge in [-0.3, -0.25) is 4.90 Å². The van der Waals surface area contributed by atoms with E-state index in [0.29, 0.717) is 0 Å². The Morgan fingerprint density at radius 3 is 2.53 bits per heavy atom. The van der Waals surface area contributed by atoms with Gasteiger partial charge in [0, 0.05) is 37.8 Å². The van der Waals surface area contributed by atoms with Crippen LogP contribution in [-0.2, 0) is 5.41 Å². The summed E-state index contributed by atoms with van der Waals surface area (Å²) in [5.41, 5.74) is -0.0126. The maximum atomic E-state index is 5.35. The monoisotopic (exact) mass is 258 g/mol. The molecule has 0 atom stereocenters. The molecule has 0 radical (unpaired) electrons. The molecule has 0 N–H and O–H groups in total. The minimum absolute atomic E-state index is 0.0126. The van der Waals surface area contributed by atoms with Gasteiger partial charge in [-0.15, -0.1) is 6.42 Å². The van der Waals surface area contributed by atoms with Crippen LogP contribution in [0.5, 0.6) is 0 Å². The number of aromatic nitrogens is 2. The van der Waals surface area contributed by atoms with Gasteiger partial charge in [-0.1, -0.05) is 26.7 Å². The van der Waals surface area contributed by atoms with Crippen molar-refractivity contribution in [1.29, 1.82) is 0 Å². The summed E-state index contributed by atoms with van der Waals surface area (Å²) in [4.78, 5) is 13.7. The first-order chi connectivity index (χ1) is 9.00. The number of rotatable bonds is 2. The fourth-order valence-electron chi connectivity index (χ4n) is 2.15. The summed E-state index contributed by atoms with van der Waals surface area (Å²) in [5, 5.41) is 0. The fraction of sp³-hybridized carbons (Fsp3) is 0.600. The van der Waals surface area contributed by atoms with E-state index in [1.165, 1.54) is 0 Å². The smallest absolute Gasteiger partial charge is 0.135 e. The summed E-state index contributed by atoms with van der Waals surface area (Å²) in [7, 11) is 0. The van der Waals surface area contributed by atoms with Crippen molar-refractivity contribution < 1.29 is 0 Å². The fourth-order valence-corrected chi connectivity index (χ4v) is 2.15. The Labute approximate surface area is 115 Å². The van der Waals surface area contributed by atoms with Crippen LogP contribution in [0.25, 0.3) is 0 Å². The Morgan fingerprint density at radius 2 is 1.95 bits per heavy atom. The van der Waals surface area contributed by atoms with Crippen molar-refractivity contribution in [3.05, 3.63) is 18.1 Å². The lowest BCUT2D eigenvalue weighted by Crippen LogP contribution is -2.46. The van der Waals surface area contributed by atoms with Crippen LogP contribution in [0.1, 0.15) is 26.6 Å². The standard InChI is InChI=1S/C15H22N4/c1-5-8-18-9-11-19(12-10-18)13-6-7-16-14(17-13)15(2,3)4/h1,6-7H,8-12H2,2-4H3. The predicted octanol–water partition coefficient (Wildman–Crippen LogP) is 1.53. The molecule has 1 aromatic heterocycles. The molecule has 2 heterocycles. The molecular formula is C15H22N4. The van der Waals surface area contributed by atoms with Crippen LogP contribution in [0.3, 0.4) is 0 Å². The Kier molecular flexibility index (Phi) is 4.06. The molecule has 0 aliphatic carbocycles. The van der Waals surface area contributed by atoms with Crippen LogP contribution >= 0.6 is 0 Å². The van der Waals surface area contributed by atoms with E-state index in [2.05, 4.69) is 41.5 Å². The van der Waals surface area contributed by atoms with Crippen molar-refractivity contribution in [2.45, 2.75) is 26.2 Å². The summed E-state index contributed by atoms with van der Waals surface area (Å²) in [6.45, 7) is 11.1. The van der Waals surface area contributed by atoms with Crippen LogP contribution in [0.2, 0.25) is 0 Å². The molecular weight excluding hydrogens is 236 g/mol. The van der Waals surface area contributed by atoms with Gasteiger partial charge in [0.15, 0.2) is 0 Å². The summed E-state index contributed by atoms with van der Waals surface area (Å²) < 4.78 is 0. The topological polar surface area (TPSA) is 32.3 Å². The Bertz CT molecular complexity index is 462. The van der Waals surface area contributed by atoms with Gasteiger partial charge in [0.1, 0.15) is 11.6 Å². The van der Waals surface area contributed by atoms with Crippen molar-refractivity contribution in [3.8, 4) is 12.3 Å². The average Bonchev–Trinajstić information content (AvgIpc) is 2.39. The minimum atomic E-state index is -0.0126. The normalized spacial score (nSPS) is 17.3. The van der Waals surface area contributed by atoms with Gasteiger partial charge in [0.25, 0.3) is 0 Å². The minimum Gasteiger partial charge on any atom is -0.354 e. The molecule has 1 aromatic rings. The van der Waals surface area contributed by atoms with Crippen LogP contribution in [0.15, 0.2) is 12.3 Å². The van der Waals surface area contributed by atoms with E-state index in [1.807, 2.05) is 12.3 Å². The zero-order valence-electron chi connectivity index (χ0n) is 12.1. The van der Waals surface area contributed by atoms with Crippen LogP contribution in [-0.4, -0.2) is 47.6 Å². The van der Waals surface area contributed by atoms with E-state index in [0.717, 1.165) is 44.4 Å². The Balaban J connectivity index is 2.06. The van der Waals surface area contributed by atoms with Crippen molar-refractivity contribution in [3.63, 3.8) is 0 Å². The maximum absolute atomic E-state index is 5.35. The molecule has 102 valence electrons. The largest absolute Gasteiger partial charge is 0.354 e. The first-order valence-electron chi connectivity index (χ1n) is 6.75. The number of hydrogen-bond acceptors (Lipinski definition) is 4. The highest BCUT2D eigenvalue weighted by molar-refractivity contribution is 5.38. The third kappa shape index (κ3) is 3.45. The quantitative estimate of drug-likeness (QED) is 0.753. The highest BCUT2D eigenvalue weighted by atomic mass is 15.3. The molecule has 4 nitrogen and oxygen atoms in total. The summed E-state index contributed by atoms with van der Waals surface area (Å²) >= 11 is 0.